The number of benzene rings is 6. The monoisotopic (exact) mass is 722 g/mol. The summed E-state index contributed by atoms with van der Waals surface area (Å²) in [6, 6.07) is 57.9. The fourth-order valence-electron chi connectivity index (χ4n) is 6.77. The van der Waals surface area contributed by atoms with Crippen molar-refractivity contribution in [1.29, 1.82) is 0 Å². The molecule has 0 radical (unpaired) electrons. The first-order valence-electron chi connectivity index (χ1n) is 18.3. The second-order valence-electron chi connectivity index (χ2n) is 14.6. The zero-order valence-electron chi connectivity index (χ0n) is 30.8. The van der Waals surface area contributed by atoms with Crippen molar-refractivity contribution in [3.05, 3.63) is 175 Å². The van der Waals surface area contributed by atoms with E-state index in [2.05, 4.69) is 131 Å². The molecule has 0 aliphatic carbocycles. The predicted molar refractivity (Wildman–Crippen MR) is 226 cm³/mol. The lowest BCUT2D eigenvalue weighted by molar-refractivity contribution is 0.00578. The van der Waals surface area contributed by atoms with Crippen LogP contribution in [0.1, 0.15) is 27.7 Å². The highest BCUT2D eigenvalue weighted by molar-refractivity contribution is 6.62. The smallest absolute Gasteiger partial charge is 0.399 e. The summed E-state index contributed by atoms with van der Waals surface area (Å²) in [4.78, 5) is 9.73. The molecule has 54 heavy (non-hydrogen) atoms. The third-order valence-corrected chi connectivity index (χ3v) is 10.7. The molecular weight excluding hydrogens is 683 g/mol. The van der Waals surface area contributed by atoms with Gasteiger partial charge in [0.1, 0.15) is 0 Å². The summed E-state index contributed by atoms with van der Waals surface area (Å²) in [5.41, 5.74) is 11.2. The third kappa shape index (κ3) is 7.19. The van der Waals surface area contributed by atoms with Gasteiger partial charge in [-0.2, -0.15) is 0 Å². The zero-order chi connectivity index (χ0) is 37.3. The summed E-state index contributed by atoms with van der Waals surface area (Å²) < 4.78 is 12.4. The lowest BCUT2D eigenvalue weighted by Gasteiger charge is -2.32. The number of aromatic nitrogens is 2. The van der Waals surface area contributed by atoms with E-state index in [0.29, 0.717) is 0 Å². The van der Waals surface area contributed by atoms with Crippen molar-refractivity contribution in [3.8, 4) is 44.8 Å². The average molecular weight is 723 g/mol. The van der Waals surface area contributed by atoms with E-state index in [-0.39, 0.29) is 18.3 Å². The predicted octanol–water partition coefficient (Wildman–Crippen LogP) is 12.1. The Morgan fingerprint density at radius 3 is 1.28 bits per heavy atom. The minimum absolute atomic E-state index is 0.345. The Hall–Kier alpha value is -5.59. The van der Waals surface area contributed by atoms with Crippen LogP contribution in [0, 0.1) is 0 Å². The molecule has 9 rings (SSSR count). The molecule has 0 N–H and O–H groups in total. The fourth-order valence-corrected chi connectivity index (χ4v) is 6.90. The molecule has 0 spiro atoms. The lowest BCUT2D eigenvalue weighted by atomic mass is 9.78. The highest BCUT2D eigenvalue weighted by Gasteiger charge is 2.51. The van der Waals surface area contributed by atoms with Crippen molar-refractivity contribution in [2.24, 2.45) is 0 Å². The van der Waals surface area contributed by atoms with E-state index in [9.17, 15) is 0 Å². The number of rotatable bonds is 5. The minimum atomic E-state index is -0.354. The van der Waals surface area contributed by atoms with E-state index in [4.69, 9.17) is 30.9 Å². The maximum absolute atomic E-state index is 6.21. The number of nitrogens with zero attached hydrogens (tertiary/aromatic N) is 2. The van der Waals surface area contributed by atoms with E-state index in [0.717, 1.165) is 65.9 Å². The lowest BCUT2D eigenvalue weighted by Crippen LogP contribution is -2.41. The highest BCUT2D eigenvalue weighted by Crippen LogP contribution is 2.37. The molecular formula is C48H40BClN2O2. The van der Waals surface area contributed by atoms with Crippen LogP contribution in [-0.2, 0) is 9.31 Å². The van der Waals surface area contributed by atoms with E-state index >= 15 is 0 Å². The molecule has 0 unspecified atom stereocenters. The van der Waals surface area contributed by atoms with Crippen LogP contribution < -0.4 is 5.46 Å². The molecule has 0 saturated carbocycles. The topological polar surface area (TPSA) is 44.2 Å². The molecule has 1 saturated heterocycles. The van der Waals surface area contributed by atoms with Gasteiger partial charge in [-0.1, -0.05) is 145 Å². The van der Waals surface area contributed by atoms with Crippen LogP contribution in [0.15, 0.2) is 170 Å². The Labute approximate surface area is 322 Å². The van der Waals surface area contributed by atoms with Gasteiger partial charge in [-0.15, -0.1) is 0 Å². The molecule has 0 amide bonds. The van der Waals surface area contributed by atoms with Gasteiger partial charge in [-0.05, 0) is 91.8 Å². The van der Waals surface area contributed by atoms with Crippen molar-refractivity contribution in [2.45, 2.75) is 38.9 Å². The second-order valence-corrected chi connectivity index (χ2v) is 15.0. The molecule has 1 fully saturated rings. The van der Waals surface area contributed by atoms with Crippen molar-refractivity contribution in [3.63, 3.8) is 0 Å². The van der Waals surface area contributed by atoms with Crippen LogP contribution in [0.5, 0.6) is 0 Å². The van der Waals surface area contributed by atoms with Gasteiger partial charge >= 0.3 is 7.12 Å². The van der Waals surface area contributed by atoms with E-state index in [1.54, 1.807) is 0 Å². The first kappa shape index (κ1) is 35.4. The second kappa shape index (κ2) is 14.7. The first-order valence-corrected chi connectivity index (χ1v) is 18.7. The van der Waals surface area contributed by atoms with E-state index in [1.807, 2.05) is 66.7 Å². The standard InChI is InChI=1S/C27H26BNO2.C21H14ClN/c1-26(2)27(3,4)31-28(30-26)21-16-14-19(15-17-21)23-18-25(20-10-6-5-7-11-20)29-24-13-9-8-12-22(23)24;22-17-12-10-15(11-13-17)19-14-21(16-6-2-1-3-7-16)23-20-9-5-4-8-18(19)20/h5-18H,1-4H3;1-14H. The minimum Gasteiger partial charge on any atom is -0.399 e. The van der Waals surface area contributed by atoms with E-state index in [1.165, 1.54) is 11.1 Å². The van der Waals surface area contributed by atoms with Crippen LogP contribution in [0.4, 0.5) is 0 Å². The molecule has 6 aromatic carbocycles. The Balaban J connectivity index is 0.000000160. The van der Waals surface area contributed by atoms with Gasteiger partial charge in [0, 0.05) is 26.9 Å². The van der Waals surface area contributed by atoms with Crippen LogP contribution >= 0.6 is 11.6 Å². The largest absolute Gasteiger partial charge is 0.494 e. The summed E-state index contributed by atoms with van der Waals surface area (Å²) in [7, 11) is -0.354. The number of para-hydroxylation sites is 2. The van der Waals surface area contributed by atoms with Gasteiger partial charge < -0.3 is 9.31 Å². The molecule has 264 valence electrons. The molecule has 1 aliphatic rings. The number of fused-ring (bicyclic) bond motifs is 2. The zero-order valence-corrected chi connectivity index (χ0v) is 31.6. The Kier molecular flexibility index (Phi) is 9.64. The van der Waals surface area contributed by atoms with Gasteiger partial charge in [0.05, 0.1) is 33.6 Å². The maximum Gasteiger partial charge on any atom is 0.494 e. The molecule has 0 bridgehead atoms. The van der Waals surface area contributed by atoms with Gasteiger partial charge in [0.25, 0.3) is 0 Å². The summed E-state index contributed by atoms with van der Waals surface area (Å²) in [6.07, 6.45) is 0. The number of hydrogen-bond donors (Lipinski definition) is 0. The van der Waals surface area contributed by atoms with Gasteiger partial charge in [-0.3, -0.25) is 0 Å². The summed E-state index contributed by atoms with van der Waals surface area (Å²) in [6.45, 7) is 8.32. The first-order chi connectivity index (χ1) is 26.1. The Morgan fingerprint density at radius 1 is 0.444 bits per heavy atom. The molecule has 1 aliphatic heterocycles. The van der Waals surface area contributed by atoms with Crippen molar-refractivity contribution < 1.29 is 9.31 Å². The molecule has 8 aromatic rings. The average Bonchev–Trinajstić information content (AvgIpc) is 3.44. The molecule has 3 heterocycles. The van der Waals surface area contributed by atoms with E-state index < -0.39 is 0 Å². The highest BCUT2D eigenvalue weighted by atomic mass is 35.5. The summed E-state index contributed by atoms with van der Waals surface area (Å²) in [5, 5.41) is 3.04. The SMILES string of the molecule is CC1(C)OB(c2ccc(-c3cc(-c4ccccc4)nc4ccccc34)cc2)OC1(C)C.Clc1ccc(-c2cc(-c3ccccc3)nc3ccccc23)cc1. The quantitative estimate of drug-likeness (QED) is 0.166. The van der Waals surface area contributed by atoms with Crippen LogP contribution in [0.3, 0.4) is 0 Å². The van der Waals surface area contributed by atoms with Crippen LogP contribution in [0.25, 0.3) is 66.6 Å². The van der Waals surface area contributed by atoms with Crippen molar-refractivity contribution >= 4 is 46.0 Å². The third-order valence-electron chi connectivity index (χ3n) is 10.5. The number of hydrogen-bond acceptors (Lipinski definition) is 4. The Morgan fingerprint density at radius 2 is 0.833 bits per heavy atom. The summed E-state index contributed by atoms with van der Waals surface area (Å²) in [5.74, 6) is 0. The maximum atomic E-state index is 6.21. The molecule has 2 aromatic heterocycles. The van der Waals surface area contributed by atoms with Crippen LogP contribution in [-0.4, -0.2) is 28.3 Å². The molecule has 6 heteroatoms. The summed E-state index contributed by atoms with van der Waals surface area (Å²) >= 11 is 6.03. The number of pyridine rings is 2. The van der Waals surface area contributed by atoms with Gasteiger partial charge in [0.2, 0.25) is 0 Å². The Bertz CT molecular complexity index is 2540. The fraction of sp³-hybridized carbons (Fsp3) is 0.125. The van der Waals surface area contributed by atoms with Crippen LogP contribution in [0.2, 0.25) is 5.02 Å². The number of halogens is 1. The van der Waals surface area contributed by atoms with Crippen molar-refractivity contribution in [2.75, 3.05) is 0 Å². The normalized spacial score (nSPS) is 14.5. The van der Waals surface area contributed by atoms with Gasteiger partial charge in [0.15, 0.2) is 0 Å². The molecule has 4 nitrogen and oxygen atoms in total. The van der Waals surface area contributed by atoms with Gasteiger partial charge in [-0.25, -0.2) is 9.97 Å². The van der Waals surface area contributed by atoms with Crippen molar-refractivity contribution in [1.82, 2.24) is 9.97 Å². The molecule has 0 atom stereocenters.